The molecule has 9 heteroatoms. The van der Waals surface area contributed by atoms with E-state index in [4.69, 9.17) is 14.5 Å². The lowest BCUT2D eigenvalue weighted by Gasteiger charge is -2.46. The number of thioether (sulfide) groups is 1. The minimum atomic E-state index is -1.03. The Hall–Kier alpha value is -1.19. The van der Waals surface area contributed by atoms with Gasteiger partial charge in [0.1, 0.15) is 23.6 Å². The summed E-state index contributed by atoms with van der Waals surface area (Å²) in [5.41, 5.74) is -1.31. The number of halogens is 3. The third-order valence-corrected chi connectivity index (χ3v) is 6.19. The van der Waals surface area contributed by atoms with Crippen molar-refractivity contribution in [2.24, 2.45) is 10.9 Å². The number of fused-ring (bicyclic) bond motifs is 1. The molecule has 1 fully saturated rings. The van der Waals surface area contributed by atoms with E-state index in [0.29, 0.717) is 27.4 Å². The van der Waals surface area contributed by atoms with Gasteiger partial charge >= 0.3 is 6.09 Å². The topological polar surface area (TPSA) is 59.9 Å². The Morgan fingerprint density at radius 3 is 2.93 bits per heavy atom. The molecule has 2 heterocycles. The van der Waals surface area contributed by atoms with Crippen LogP contribution in [0.4, 0.5) is 13.6 Å². The van der Waals surface area contributed by atoms with Gasteiger partial charge in [0.05, 0.1) is 12.7 Å². The first-order valence-corrected chi connectivity index (χ1v) is 10.8. The maximum Gasteiger partial charge on any atom is 0.413 e. The number of aliphatic imine (C=N–C) groups is 1. The minimum absolute atomic E-state index is 0.0414. The van der Waals surface area contributed by atoms with Crippen LogP contribution in [0.25, 0.3) is 0 Å². The fraction of sp³-hybridized carbons (Fsp3) is 0.579. The highest BCUT2D eigenvalue weighted by Gasteiger charge is 2.50. The van der Waals surface area contributed by atoms with E-state index in [2.05, 4.69) is 21.2 Å². The molecule has 0 aromatic heterocycles. The molecule has 0 spiro atoms. The number of carbonyl (C=O) groups is 1. The molecule has 0 bridgehead atoms. The molecule has 0 saturated carbocycles. The highest BCUT2D eigenvalue weighted by molar-refractivity contribution is 9.10. The summed E-state index contributed by atoms with van der Waals surface area (Å²) in [6.45, 7) is 4.75. The molecule has 1 N–H and O–H groups in total. The Kier molecular flexibility index (Phi) is 6.36. The van der Waals surface area contributed by atoms with Crippen LogP contribution < -0.4 is 5.32 Å². The second kappa shape index (κ2) is 8.28. The van der Waals surface area contributed by atoms with Gasteiger partial charge in [-0.1, -0.05) is 27.7 Å². The van der Waals surface area contributed by atoms with Crippen molar-refractivity contribution in [3.05, 3.63) is 34.1 Å². The first-order chi connectivity index (χ1) is 13.1. The fourth-order valence-corrected chi connectivity index (χ4v) is 4.93. The van der Waals surface area contributed by atoms with Crippen molar-refractivity contribution in [2.75, 3.05) is 19.0 Å². The number of hydrogen-bond donors (Lipinski definition) is 1. The molecule has 5 nitrogen and oxygen atoms in total. The summed E-state index contributed by atoms with van der Waals surface area (Å²) in [6.07, 6.45) is -0.719. The van der Waals surface area contributed by atoms with Gasteiger partial charge in [0, 0.05) is 21.7 Å². The van der Waals surface area contributed by atoms with E-state index in [1.165, 1.54) is 17.8 Å². The molecule has 28 heavy (non-hydrogen) atoms. The molecule has 1 amide bonds. The Bertz CT molecular complexity index is 787. The van der Waals surface area contributed by atoms with Crippen LogP contribution in [-0.4, -0.2) is 42.0 Å². The second-order valence-corrected chi connectivity index (χ2v) is 9.85. The number of amidine groups is 1. The van der Waals surface area contributed by atoms with Crippen molar-refractivity contribution in [1.82, 2.24) is 5.32 Å². The number of benzene rings is 1. The molecule has 2 aliphatic heterocycles. The van der Waals surface area contributed by atoms with E-state index in [1.807, 2.05) is 0 Å². The van der Waals surface area contributed by atoms with E-state index < -0.39 is 35.8 Å². The number of hydrogen-bond acceptors (Lipinski definition) is 5. The Labute approximate surface area is 175 Å². The van der Waals surface area contributed by atoms with Gasteiger partial charge in [0.25, 0.3) is 0 Å². The van der Waals surface area contributed by atoms with E-state index in [9.17, 15) is 13.6 Å². The van der Waals surface area contributed by atoms with E-state index in [0.717, 1.165) is 0 Å². The number of amides is 1. The fourth-order valence-electron chi connectivity index (χ4n) is 3.42. The normalized spacial score (nSPS) is 27.6. The van der Waals surface area contributed by atoms with Gasteiger partial charge in [0.15, 0.2) is 5.17 Å². The van der Waals surface area contributed by atoms with Crippen LogP contribution in [0.15, 0.2) is 27.7 Å². The predicted molar refractivity (Wildman–Crippen MR) is 109 cm³/mol. The van der Waals surface area contributed by atoms with E-state index >= 15 is 0 Å². The van der Waals surface area contributed by atoms with Crippen LogP contribution >= 0.6 is 27.7 Å². The second-order valence-electron chi connectivity index (χ2n) is 7.92. The number of alkyl carbamates (subject to hydrolysis) is 1. The van der Waals surface area contributed by atoms with Crippen molar-refractivity contribution in [2.45, 2.75) is 44.4 Å². The number of carbonyl (C=O) groups excluding carboxylic acids is 1. The largest absolute Gasteiger partial charge is 0.444 e. The smallest absolute Gasteiger partial charge is 0.413 e. The number of nitrogens with one attached hydrogen (secondary N) is 1. The SMILES string of the molecule is CC(C)(C)OC(=O)NC1=N[C@@]2(c3cc(Br)ccc3F)CO[C@@H](CF)C[C@H]2CS1. The Balaban J connectivity index is 1.97. The van der Waals surface area contributed by atoms with Crippen LogP contribution in [0.3, 0.4) is 0 Å². The third kappa shape index (κ3) is 4.68. The molecule has 1 aromatic rings. The zero-order chi connectivity index (χ0) is 20.5. The maximum absolute atomic E-state index is 14.8. The van der Waals surface area contributed by atoms with Crippen molar-refractivity contribution in [1.29, 1.82) is 0 Å². The predicted octanol–water partition coefficient (Wildman–Crippen LogP) is 4.79. The van der Waals surface area contributed by atoms with Crippen LogP contribution in [0.1, 0.15) is 32.8 Å². The molecule has 0 unspecified atom stereocenters. The molecule has 1 saturated heterocycles. The molecule has 3 rings (SSSR count). The average molecular weight is 477 g/mol. The molecule has 2 aliphatic rings. The van der Waals surface area contributed by atoms with E-state index in [1.54, 1.807) is 32.9 Å². The van der Waals surface area contributed by atoms with Crippen molar-refractivity contribution >= 4 is 39.0 Å². The van der Waals surface area contributed by atoms with Crippen LogP contribution in [0, 0.1) is 11.7 Å². The zero-order valence-electron chi connectivity index (χ0n) is 15.9. The molecule has 0 aliphatic carbocycles. The number of rotatable bonds is 2. The van der Waals surface area contributed by atoms with Crippen LogP contribution in [-0.2, 0) is 15.0 Å². The van der Waals surface area contributed by atoms with Crippen molar-refractivity contribution in [3.63, 3.8) is 0 Å². The van der Waals surface area contributed by atoms with Gasteiger partial charge < -0.3 is 9.47 Å². The molecule has 3 atom stereocenters. The number of alkyl halides is 1. The van der Waals surface area contributed by atoms with Gasteiger partial charge in [0.2, 0.25) is 0 Å². The standard InChI is InChI=1S/C19H23BrF2N2O3S/c1-18(2,3)27-17(25)23-16-24-19(14-7-12(20)4-5-15(14)22)10-26-13(8-21)6-11(19)9-28-16/h4-5,7,11,13H,6,8-10H2,1-3H3,(H,23,24,25)/t11-,13+,19-/m0/s1. The van der Waals surface area contributed by atoms with Gasteiger partial charge in [-0.3, -0.25) is 5.32 Å². The average Bonchev–Trinajstić information content (AvgIpc) is 2.61. The first-order valence-electron chi connectivity index (χ1n) is 8.99. The zero-order valence-corrected chi connectivity index (χ0v) is 18.3. The van der Waals surface area contributed by atoms with E-state index in [-0.39, 0.29) is 12.5 Å². The lowest BCUT2D eigenvalue weighted by Crippen LogP contribution is -2.51. The first kappa shape index (κ1) is 21.5. The van der Waals surface area contributed by atoms with Crippen LogP contribution in [0.2, 0.25) is 0 Å². The summed E-state index contributed by atoms with van der Waals surface area (Å²) < 4.78 is 39.6. The lowest BCUT2D eigenvalue weighted by molar-refractivity contribution is -0.0653. The Morgan fingerprint density at radius 1 is 1.50 bits per heavy atom. The van der Waals surface area contributed by atoms with Crippen molar-refractivity contribution < 1.29 is 23.0 Å². The molecule has 1 aromatic carbocycles. The molecular formula is C19H23BrF2N2O3S. The third-order valence-electron chi connectivity index (χ3n) is 4.66. The lowest BCUT2D eigenvalue weighted by atomic mass is 9.75. The summed E-state index contributed by atoms with van der Waals surface area (Å²) in [6, 6.07) is 4.65. The summed E-state index contributed by atoms with van der Waals surface area (Å²) >= 11 is 4.72. The van der Waals surface area contributed by atoms with Gasteiger partial charge in [-0.05, 0) is 45.4 Å². The highest BCUT2D eigenvalue weighted by atomic mass is 79.9. The number of nitrogens with zero attached hydrogens (tertiary/aromatic N) is 1. The quantitative estimate of drug-likeness (QED) is 0.666. The van der Waals surface area contributed by atoms with Crippen molar-refractivity contribution in [3.8, 4) is 0 Å². The molecule has 154 valence electrons. The van der Waals surface area contributed by atoms with Gasteiger partial charge in [-0.15, -0.1) is 0 Å². The summed E-state index contributed by atoms with van der Waals surface area (Å²) in [7, 11) is 0. The monoisotopic (exact) mass is 476 g/mol. The number of ether oxygens (including phenoxy) is 2. The maximum atomic E-state index is 14.8. The van der Waals surface area contributed by atoms with Gasteiger partial charge in [-0.2, -0.15) is 0 Å². The van der Waals surface area contributed by atoms with Crippen LogP contribution in [0.5, 0.6) is 0 Å². The Morgan fingerprint density at radius 2 is 2.25 bits per heavy atom. The summed E-state index contributed by atoms with van der Waals surface area (Å²) in [5, 5.41) is 2.99. The van der Waals surface area contributed by atoms with Gasteiger partial charge in [-0.25, -0.2) is 18.6 Å². The minimum Gasteiger partial charge on any atom is -0.444 e. The summed E-state index contributed by atoms with van der Waals surface area (Å²) in [5.74, 6) is 0.0169. The molecular weight excluding hydrogens is 454 g/mol. The summed E-state index contributed by atoms with van der Waals surface area (Å²) in [4.78, 5) is 16.9. The highest BCUT2D eigenvalue weighted by Crippen LogP contribution is 2.47. The molecule has 0 radical (unpaired) electrons.